The fraction of sp³-hybridized carbons (Fsp3) is 0.545. The summed E-state index contributed by atoms with van der Waals surface area (Å²) in [4.78, 5) is 10.6. The van der Waals surface area contributed by atoms with E-state index in [0.717, 1.165) is 49.2 Å². The Labute approximate surface area is 172 Å². The lowest BCUT2D eigenvalue weighted by Crippen LogP contribution is -2.42. The molecule has 1 saturated heterocycles. The average molecular weight is 401 g/mol. The van der Waals surface area contributed by atoms with E-state index in [1.54, 1.807) is 11.3 Å². The average Bonchev–Trinajstić information content (AvgIpc) is 3.02. The summed E-state index contributed by atoms with van der Waals surface area (Å²) in [5, 5.41) is 7.94. The van der Waals surface area contributed by atoms with Crippen LogP contribution in [0.25, 0.3) is 0 Å². The topological polar surface area (TPSA) is 58.5 Å². The molecule has 6 heteroatoms. The highest BCUT2D eigenvalue weighted by atomic mass is 32.1. The second-order valence-electron chi connectivity index (χ2n) is 7.43. The van der Waals surface area contributed by atoms with Crippen LogP contribution in [0.5, 0.6) is 0 Å². The van der Waals surface area contributed by atoms with Crippen LogP contribution in [0.3, 0.4) is 0 Å². The molecule has 2 unspecified atom stereocenters. The molecule has 1 aromatic carbocycles. The molecule has 0 saturated carbocycles. The van der Waals surface area contributed by atoms with Gasteiger partial charge >= 0.3 is 0 Å². The normalized spacial score (nSPS) is 20.2. The molecule has 0 amide bonds. The molecule has 0 radical (unpaired) electrons. The molecule has 2 atom stereocenters. The van der Waals surface area contributed by atoms with Gasteiger partial charge in [0, 0.05) is 30.5 Å². The standard InChI is InChI=1S/C22H32N4OS/c1-5-23-22(25-14-20-26-16(3)17(4)28-20)24-13-19-7-6-12-27-21(19)18-10-8-15(2)9-11-18/h8-11,19,21H,5-7,12-14H2,1-4H3,(H2,23,24,25). The van der Waals surface area contributed by atoms with Crippen LogP contribution in [0.15, 0.2) is 29.3 Å². The van der Waals surface area contributed by atoms with Gasteiger partial charge in [-0.1, -0.05) is 29.8 Å². The summed E-state index contributed by atoms with van der Waals surface area (Å²) < 4.78 is 6.15. The van der Waals surface area contributed by atoms with Crippen molar-refractivity contribution in [1.29, 1.82) is 0 Å². The summed E-state index contributed by atoms with van der Waals surface area (Å²) in [7, 11) is 0. The number of nitrogens with zero attached hydrogens (tertiary/aromatic N) is 2. The zero-order valence-electron chi connectivity index (χ0n) is 17.4. The van der Waals surface area contributed by atoms with Gasteiger partial charge in [0.2, 0.25) is 0 Å². The van der Waals surface area contributed by atoms with Gasteiger partial charge < -0.3 is 15.4 Å². The molecule has 0 spiro atoms. The highest BCUT2D eigenvalue weighted by Gasteiger charge is 2.27. The van der Waals surface area contributed by atoms with Gasteiger partial charge in [-0.15, -0.1) is 11.3 Å². The first-order chi connectivity index (χ1) is 13.6. The number of nitrogens with one attached hydrogen (secondary N) is 2. The van der Waals surface area contributed by atoms with E-state index in [-0.39, 0.29) is 6.10 Å². The maximum Gasteiger partial charge on any atom is 0.191 e. The molecule has 1 aliphatic rings. The zero-order valence-corrected chi connectivity index (χ0v) is 18.2. The summed E-state index contributed by atoms with van der Waals surface area (Å²) in [6.07, 6.45) is 2.42. The number of hydrogen-bond acceptors (Lipinski definition) is 4. The van der Waals surface area contributed by atoms with Crippen molar-refractivity contribution >= 4 is 17.3 Å². The lowest BCUT2D eigenvalue weighted by Gasteiger charge is -2.32. The second kappa shape index (κ2) is 10.0. The molecule has 2 heterocycles. The maximum absolute atomic E-state index is 6.15. The lowest BCUT2D eigenvalue weighted by molar-refractivity contribution is -0.0265. The molecular weight excluding hydrogens is 368 g/mol. The van der Waals surface area contributed by atoms with Gasteiger partial charge in [-0.2, -0.15) is 0 Å². The van der Waals surface area contributed by atoms with Crippen molar-refractivity contribution in [2.24, 2.45) is 10.9 Å². The predicted molar refractivity (Wildman–Crippen MR) is 117 cm³/mol. The fourth-order valence-corrected chi connectivity index (χ4v) is 4.36. The van der Waals surface area contributed by atoms with Crippen LogP contribution < -0.4 is 10.6 Å². The third-order valence-electron chi connectivity index (χ3n) is 5.17. The Balaban J connectivity index is 1.63. The molecule has 0 bridgehead atoms. The SMILES string of the molecule is CCNC(=NCc1nc(C)c(C)s1)NCC1CCCOC1c1ccc(C)cc1. The van der Waals surface area contributed by atoms with E-state index in [2.05, 4.69) is 67.6 Å². The number of ether oxygens (including phenoxy) is 1. The molecule has 28 heavy (non-hydrogen) atoms. The minimum Gasteiger partial charge on any atom is -0.373 e. The van der Waals surface area contributed by atoms with Crippen LogP contribution in [-0.2, 0) is 11.3 Å². The van der Waals surface area contributed by atoms with Gasteiger partial charge in [-0.05, 0) is 46.1 Å². The Morgan fingerprint density at radius 1 is 1.21 bits per heavy atom. The summed E-state index contributed by atoms with van der Waals surface area (Å²) in [6, 6.07) is 8.73. The number of aryl methyl sites for hydroxylation is 3. The Morgan fingerprint density at radius 3 is 2.68 bits per heavy atom. The van der Waals surface area contributed by atoms with Gasteiger partial charge in [0.15, 0.2) is 5.96 Å². The number of rotatable bonds is 6. The third-order valence-corrected chi connectivity index (χ3v) is 6.23. The summed E-state index contributed by atoms with van der Waals surface area (Å²) in [6.45, 7) is 11.5. The fourth-order valence-electron chi connectivity index (χ4n) is 3.50. The van der Waals surface area contributed by atoms with Crippen molar-refractivity contribution in [1.82, 2.24) is 15.6 Å². The molecule has 3 rings (SSSR count). The summed E-state index contributed by atoms with van der Waals surface area (Å²) in [5.74, 6) is 1.28. The minimum atomic E-state index is 0.147. The monoisotopic (exact) mass is 400 g/mol. The largest absolute Gasteiger partial charge is 0.373 e. The number of aromatic nitrogens is 1. The van der Waals surface area contributed by atoms with Crippen LogP contribution in [0.1, 0.15) is 52.6 Å². The highest BCUT2D eigenvalue weighted by Crippen LogP contribution is 2.33. The Kier molecular flexibility index (Phi) is 7.45. The Hall–Kier alpha value is -1.92. The van der Waals surface area contributed by atoms with Crippen LogP contribution in [0.4, 0.5) is 0 Å². The molecule has 152 valence electrons. The van der Waals surface area contributed by atoms with Crippen molar-refractivity contribution in [2.45, 2.75) is 53.2 Å². The number of thiazole rings is 1. The van der Waals surface area contributed by atoms with E-state index in [0.29, 0.717) is 12.5 Å². The van der Waals surface area contributed by atoms with Crippen LogP contribution in [0, 0.1) is 26.7 Å². The highest BCUT2D eigenvalue weighted by molar-refractivity contribution is 7.11. The van der Waals surface area contributed by atoms with Gasteiger partial charge in [0.05, 0.1) is 18.3 Å². The van der Waals surface area contributed by atoms with Gasteiger partial charge in [0.1, 0.15) is 5.01 Å². The van der Waals surface area contributed by atoms with Crippen molar-refractivity contribution in [3.05, 3.63) is 51.0 Å². The quantitative estimate of drug-likeness (QED) is 0.561. The van der Waals surface area contributed by atoms with E-state index in [4.69, 9.17) is 9.73 Å². The molecular formula is C22H32N4OS. The summed E-state index contributed by atoms with van der Waals surface area (Å²) >= 11 is 1.73. The van der Waals surface area contributed by atoms with E-state index in [1.807, 2.05) is 0 Å². The second-order valence-corrected chi connectivity index (χ2v) is 8.72. The lowest BCUT2D eigenvalue weighted by atomic mass is 9.89. The first-order valence-corrected chi connectivity index (χ1v) is 11.0. The maximum atomic E-state index is 6.15. The van der Waals surface area contributed by atoms with E-state index in [9.17, 15) is 0 Å². The Bertz CT molecular complexity index is 765. The minimum absolute atomic E-state index is 0.147. The van der Waals surface area contributed by atoms with Crippen molar-refractivity contribution in [3.63, 3.8) is 0 Å². The van der Waals surface area contributed by atoms with E-state index < -0.39 is 0 Å². The first-order valence-electron chi connectivity index (χ1n) is 10.2. The summed E-state index contributed by atoms with van der Waals surface area (Å²) in [5.41, 5.74) is 3.66. The number of hydrogen-bond donors (Lipinski definition) is 2. The van der Waals surface area contributed by atoms with E-state index in [1.165, 1.54) is 16.0 Å². The van der Waals surface area contributed by atoms with E-state index >= 15 is 0 Å². The number of aliphatic imine (C=N–C) groups is 1. The molecule has 0 aliphatic carbocycles. The van der Waals surface area contributed by atoms with Crippen molar-refractivity contribution in [2.75, 3.05) is 19.7 Å². The molecule has 1 fully saturated rings. The number of guanidine groups is 1. The van der Waals surface area contributed by atoms with Crippen LogP contribution in [0.2, 0.25) is 0 Å². The molecule has 1 aliphatic heterocycles. The molecule has 2 aromatic rings. The van der Waals surface area contributed by atoms with Gasteiger partial charge in [0.25, 0.3) is 0 Å². The molecule has 5 nitrogen and oxygen atoms in total. The molecule has 1 aromatic heterocycles. The Morgan fingerprint density at radius 2 is 2.00 bits per heavy atom. The predicted octanol–water partition coefficient (Wildman–Crippen LogP) is 4.29. The van der Waals surface area contributed by atoms with Gasteiger partial charge in [-0.25, -0.2) is 9.98 Å². The van der Waals surface area contributed by atoms with Crippen molar-refractivity contribution in [3.8, 4) is 0 Å². The molecule has 2 N–H and O–H groups in total. The zero-order chi connectivity index (χ0) is 19.9. The number of benzene rings is 1. The van der Waals surface area contributed by atoms with Crippen LogP contribution >= 0.6 is 11.3 Å². The van der Waals surface area contributed by atoms with Crippen molar-refractivity contribution < 1.29 is 4.74 Å². The van der Waals surface area contributed by atoms with Crippen LogP contribution in [-0.4, -0.2) is 30.6 Å². The van der Waals surface area contributed by atoms with Gasteiger partial charge in [-0.3, -0.25) is 0 Å². The smallest absolute Gasteiger partial charge is 0.191 e. The first kappa shape index (κ1) is 20.8. The third kappa shape index (κ3) is 5.55.